The van der Waals surface area contributed by atoms with Crippen molar-refractivity contribution >= 4 is 0 Å². The lowest BCUT2D eigenvalue weighted by atomic mass is 9.84. The monoisotopic (exact) mass is 236 g/mol. The normalized spacial score (nSPS) is 23.4. The predicted molar refractivity (Wildman–Crippen MR) is 66.2 cm³/mol. The highest BCUT2D eigenvalue weighted by Crippen LogP contribution is 2.36. The van der Waals surface area contributed by atoms with E-state index in [2.05, 4.69) is 0 Å². The van der Waals surface area contributed by atoms with Crippen LogP contribution in [0.25, 0.3) is 0 Å². The van der Waals surface area contributed by atoms with Gasteiger partial charge in [0.15, 0.2) is 0 Å². The molecular formula is C14H20O3. The summed E-state index contributed by atoms with van der Waals surface area (Å²) >= 11 is 0. The van der Waals surface area contributed by atoms with Crippen LogP contribution in [0.2, 0.25) is 0 Å². The van der Waals surface area contributed by atoms with Gasteiger partial charge in [0.05, 0.1) is 13.2 Å². The molecule has 2 unspecified atom stereocenters. The molecule has 0 spiro atoms. The Morgan fingerprint density at radius 2 is 2.12 bits per heavy atom. The Hall–Kier alpha value is -1.06. The highest BCUT2D eigenvalue weighted by Gasteiger charge is 2.39. The fraction of sp³-hybridized carbons (Fsp3) is 0.571. The van der Waals surface area contributed by atoms with E-state index in [-0.39, 0.29) is 6.10 Å². The number of hydrogen-bond donors (Lipinski definition) is 1. The molecule has 1 saturated heterocycles. The molecule has 3 nitrogen and oxygen atoms in total. The first-order valence-corrected chi connectivity index (χ1v) is 6.19. The van der Waals surface area contributed by atoms with Crippen LogP contribution in [-0.4, -0.2) is 24.9 Å². The van der Waals surface area contributed by atoms with Crippen molar-refractivity contribution in [2.24, 2.45) is 0 Å². The molecule has 1 fully saturated rings. The molecule has 1 N–H and O–H groups in total. The van der Waals surface area contributed by atoms with Crippen molar-refractivity contribution in [3.63, 3.8) is 0 Å². The highest BCUT2D eigenvalue weighted by molar-refractivity contribution is 5.31. The largest absolute Gasteiger partial charge is 0.497 e. The van der Waals surface area contributed by atoms with Crippen LogP contribution in [-0.2, 0) is 10.3 Å². The van der Waals surface area contributed by atoms with Gasteiger partial charge in [-0.3, -0.25) is 0 Å². The third-order valence-electron chi connectivity index (χ3n) is 3.59. The van der Waals surface area contributed by atoms with Gasteiger partial charge in [0.1, 0.15) is 11.4 Å². The first-order chi connectivity index (χ1) is 8.20. The van der Waals surface area contributed by atoms with Crippen LogP contribution < -0.4 is 4.74 Å². The Morgan fingerprint density at radius 3 is 2.59 bits per heavy atom. The van der Waals surface area contributed by atoms with Gasteiger partial charge in [-0.2, -0.15) is 0 Å². The minimum atomic E-state index is -0.872. The molecular weight excluding hydrogens is 216 g/mol. The first kappa shape index (κ1) is 12.4. The number of ether oxygens (including phenoxy) is 2. The molecule has 0 aromatic heterocycles. The van der Waals surface area contributed by atoms with Gasteiger partial charge < -0.3 is 14.6 Å². The van der Waals surface area contributed by atoms with Gasteiger partial charge in [0.2, 0.25) is 0 Å². The van der Waals surface area contributed by atoms with Crippen LogP contribution in [0.3, 0.4) is 0 Å². The smallest absolute Gasteiger partial charge is 0.118 e. The number of rotatable bonds is 4. The highest BCUT2D eigenvalue weighted by atomic mass is 16.5. The minimum absolute atomic E-state index is 0.0825. The van der Waals surface area contributed by atoms with Crippen LogP contribution >= 0.6 is 0 Å². The molecule has 0 aliphatic carbocycles. The number of methoxy groups -OCH3 is 1. The molecule has 1 heterocycles. The minimum Gasteiger partial charge on any atom is -0.497 e. The fourth-order valence-electron chi connectivity index (χ4n) is 2.45. The molecule has 1 aliphatic heterocycles. The van der Waals surface area contributed by atoms with E-state index in [0.29, 0.717) is 6.42 Å². The lowest BCUT2D eigenvalue weighted by Crippen LogP contribution is -2.38. The van der Waals surface area contributed by atoms with Gasteiger partial charge in [-0.05, 0) is 37.0 Å². The second-order valence-corrected chi connectivity index (χ2v) is 4.51. The summed E-state index contributed by atoms with van der Waals surface area (Å²) in [5.74, 6) is 0.805. The molecule has 17 heavy (non-hydrogen) atoms. The maximum absolute atomic E-state index is 10.8. The zero-order valence-corrected chi connectivity index (χ0v) is 10.5. The fourth-order valence-corrected chi connectivity index (χ4v) is 2.45. The molecule has 0 bridgehead atoms. The molecule has 1 aliphatic rings. The Labute approximate surface area is 102 Å². The number of hydrogen-bond acceptors (Lipinski definition) is 3. The van der Waals surface area contributed by atoms with Crippen molar-refractivity contribution < 1.29 is 14.6 Å². The number of benzene rings is 1. The predicted octanol–water partition coefficient (Wildman–Crippen LogP) is 2.47. The summed E-state index contributed by atoms with van der Waals surface area (Å²) < 4.78 is 10.8. The van der Waals surface area contributed by atoms with Crippen LogP contribution in [0.4, 0.5) is 0 Å². The van der Waals surface area contributed by atoms with Gasteiger partial charge in [0.25, 0.3) is 0 Å². The van der Waals surface area contributed by atoms with Gasteiger partial charge >= 0.3 is 0 Å². The van der Waals surface area contributed by atoms with Crippen molar-refractivity contribution in [2.45, 2.75) is 37.9 Å². The maximum Gasteiger partial charge on any atom is 0.118 e. The van der Waals surface area contributed by atoms with Crippen LogP contribution in [0.15, 0.2) is 24.3 Å². The summed E-state index contributed by atoms with van der Waals surface area (Å²) in [5, 5.41) is 10.8. The van der Waals surface area contributed by atoms with Gasteiger partial charge in [0, 0.05) is 6.61 Å². The summed E-state index contributed by atoms with van der Waals surface area (Å²) in [4.78, 5) is 0. The molecule has 0 amide bonds. The van der Waals surface area contributed by atoms with E-state index in [9.17, 15) is 5.11 Å². The summed E-state index contributed by atoms with van der Waals surface area (Å²) in [6, 6.07) is 7.60. The van der Waals surface area contributed by atoms with Crippen LogP contribution in [0.1, 0.15) is 31.7 Å². The average Bonchev–Trinajstić information content (AvgIpc) is 2.92. The van der Waals surface area contributed by atoms with Crippen molar-refractivity contribution in [3.05, 3.63) is 29.8 Å². The molecule has 0 radical (unpaired) electrons. The molecule has 1 aromatic carbocycles. The Balaban J connectivity index is 2.26. The summed E-state index contributed by atoms with van der Waals surface area (Å²) in [6.45, 7) is 2.75. The van der Waals surface area contributed by atoms with Gasteiger partial charge in [-0.15, -0.1) is 0 Å². The van der Waals surface area contributed by atoms with Gasteiger partial charge in [-0.1, -0.05) is 19.1 Å². The molecule has 3 heteroatoms. The first-order valence-electron chi connectivity index (χ1n) is 6.19. The van der Waals surface area contributed by atoms with Crippen LogP contribution in [0, 0.1) is 0 Å². The average molecular weight is 236 g/mol. The van der Waals surface area contributed by atoms with E-state index >= 15 is 0 Å². The lowest BCUT2D eigenvalue weighted by Gasteiger charge is -2.33. The van der Waals surface area contributed by atoms with E-state index in [1.807, 2.05) is 31.2 Å². The molecule has 94 valence electrons. The summed E-state index contributed by atoms with van der Waals surface area (Å²) in [5.41, 5.74) is 0.0377. The van der Waals surface area contributed by atoms with Crippen molar-refractivity contribution in [3.8, 4) is 5.75 Å². The van der Waals surface area contributed by atoms with Crippen molar-refractivity contribution in [2.75, 3.05) is 13.7 Å². The SMILES string of the molecule is CCC(O)(c1ccc(OC)cc1)C1CCCO1. The maximum atomic E-state index is 10.8. The van der Waals surface area contributed by atoms with Gasteiger partial charge in [-0.25, -0.2) is 0 Å². The van der Waals surface area contributed by atoms with Crippen molar-refractivity contribution in [1.82, 2.24) is 0 Å². The van der Waals surface area contributed by atoms with E-state index in [1.165, 1.54) is 0 Å². The van der Waals surface area contributed by atoms with E-state index in [1.54, 1.807) is 7.11 Å². The Kier molecular flexibility index (Phi) is 3.69. The second kappa shape index (κ2) is 5.07. The van der Waals surface area contributed by atoms with Crippen molar-refractivity contribution in [1.29, 1.82) is 0 Å². The van der Waals surface area contributed by atoms with E-state index in [4.69, 9.17) is 9.47 Å². The standard InChI is InChI=1S/C14H20O3/c1-3-14(15,13-5-4-10-17-13)11-6-8-12(16-2)9-7-11/h6-9,13,15H,3-5,10H2,1-2H3. The molecule has 2 rings (SSSR count). The third-order valence-corrected chi connectivity index (χ3v) is 3.59. The second-order valence-electron chi connectivity index (χ2n) is 4.51. The van der Waals surface area contributed by atoms with Crippen LogP contribution in [0.5, 0.6) is 5.75 Å². The molecule has 1 aromatic rings. The zero-order valence-electron chi connectivity index (χ0n) is 10.5. The third kappa shape index (κ3) is 2.31. The summed E-state index contributed by atoms with van der Waals surface area (Å²) in [7, 11) is 1.64. The zero-order chi connectivity index (χ0) is 12.3. The van der Waals surface area contributed by atoms with E-state index in [0.717, 1.165) is 30.8 Å². The quantitative estimate of drug-likeness (QED) is 0.872. The lowest BCUT2D eigenvalue weighted by molar-refractivity contribution is -0.0925. The summed E-state index contributed by atoms with van der Waals surface area (Å²) in [6.07, 6.45) is 2.53. The Morgan fingerprint density at radius 1 is 1.41 bits per heavy atom. The number of aliphatic hydroxyl groups is 1. The molecule has 0 saturated carbocycles. The van der Waals surface area contributed by atoms with E-state index < -0.39 is 5.60 Å². The topological polar surface area (TPSA) is 38.7 Å². The molecule has 2 atom stereocenters. The Bertz CT molecular complexity index is 354.